The number of benzene rings is 3. The first kappa shape index (κ1) is 21.6. The third-order valence-corrected chi connectivity index (χ3v) is 3.95. The van der Waals surface area contributed by atoms with E-state index in [-0.39, 0.29) is 22.9 Å². The van der Waals surface area contributed by atoms with Gasteiger partial charge in [-0.15, -0.1) is 0 Å². The zero-order valence-electron chi connectivity index (χ0n) is 15.6. The summed E-state index contributed by atoms with van der Waals surface area (Å²) in [5.74, 6) is -1.28. The zero-order chi connectivity index (χ0) is 23.4. The Balaban J connectivity index is 2.09. The molecule has 3 aromatic rings. The number of nitrogens with zero attached hydrogens (tertiary/aromatic N) is 4. The average molecular weight is 442 g/mol. The lowest BCUT2D eigenvalue weighted by molar-refractivity contribution is -0.395. The quantitative estimate of drug-likeness (QED) is 0.342. The van der Waals surface area contributed by atoms with Gasteiger partial charge in [0, 0.05) is 18.2 Å². The molecular formula is C18H10N4O10. The van der Waals surface area contributed by atoms with E-state index in [1.807, 2.05) is 0 Å². The van der Waals surface area contributed by atoms with Gasteiger partial charge >= 0.3 is 11.4 Å². The molecule has 0 aliphatic carbocycles. The van der Waals surface area contributed by atoms with Gasteiger partial charge in [0.1, 0.15) is 17.6 Å². The van der Waals surface area contributed by atoms with Crippen LogP contribution < -0.4 is 9.47 Å². The van der Waals surface area contributed by atoms with E-state index in [9.17, 15) is 40.5 Å². The SMILES string of the molecule is O=[N+]([O-])c1cccc(Oc2cc(Oc3cccc([N+](=O)[O-])c3)c([N+](=O)[O-])cc2[N+](=O)[O-])c1. The van der Waals surface area contributed by atoms with Crippen molar-refractivity contribution in [2.24, 2.45) is 0 Å². The second-order valence-corrected chi connectivity index (χ2v) is 6.01. The topological polar surface area (TPSA) is 191 Å². The van der Waals surface area contributed by atoms with Gasteiger partial charge in [-0.3, -0.25) is 40.5 Å². The van der Waals surface area contributed by atoms with Crippen LogP contribution in [-0.4, -0.2) is 19.7 Å². The van der Waals surface area contributed by atoms with Gasteiger partial charge in [0.15, 0.2) is 0 Å². The van der Waals surface area contributed by atoms with Gasteiger partial charge in [-0.1, -0.05) is 12.1 Å². The molecular weight excluding hydrogens is 432 g/mol. The van der Waals surface area contributed by atoms with Crippen molar-refractivity contribution in [2.45, 2.75) is 0 Å². The molecule has 3 rings (SSSR count). The highest BCUT2D eigenvalue weighted by Gasteiger charge is 2.28. The minimum Gasteiger partial charge on any atom is -0.450 e. The van der Waals surface area contributed by atoms with E-state index in [1.165, 1.54) is 36.4 Å². The molecule has 0 amide bonds. The van der Waals surface area contributed by atoms with Crippen LogP contribution in [0.15, 0.2) is 60.7 Å². The molecule has 0 N–H and O–H groups in total. The highest BCUT2D eigenvalue weighted by Crippen LogP contribution is 2.43. The van der Waals surface area contributed by atoms with E-state index in [0.717, 1.165) is 18.2 Å². The summed E-state index contributed by atoms with van der Waals surface area (Å²) >= 11 is 0. The Morgan fingerprint density at radius 2 is 0.938 bits per heavy atom. The third kappa shape index (κ3) is 4.70. The number of ether oxygens (including phenoxy) is 2. The summed E-state index contributed by atoms with van der Waals surface area (Å²) in [6.07, 6.45) is 0. The van der Waals surface area contributed by atoms with Gasteiger partial charge < -0.3 is 9.47 Å². The molecule has 3 aromatic carbocycles. The molecule has 0 saturated heterocycles. The molecule has 32 heavy (non-hydrogen) atoms. The molecule has 0 fully saturated rings. The summed E-state index contributed by atoms with van der Waals surface area (Å²) in [7, 11) is 0. The number of hydrogen-bond acceptors (Lipinski definition) is 10. The lowest BCUT2D eigenvalue weighted by atomic mass is 10.2. The standard InChI is InChI=1S/C18H10N4O10/c23-19(24)11-3-1-5-13(7-11)31-17-10-18(16(22(29)30)9-15(17)21(27)28)32-14-6-2-4-12(8-14)20(25)26/h1-10H. The molecule has 0 bridgehead atoms. The fraction of sp³-hybridized carbons (Fsp3) is 0. The predicted molar refractivity (Wildman–Crippen MR) is 106 cm³/mol. The Labute approximate surface area is 176 Å². The van der Waals surface area contributed by atoms with E-state index >= 15 is 0 Å². The van der Waals surface area contributed by atoms with Crippen molar-refractivity contribution in [3.05, 3.63) is 101 Å². The van der Waals surface area contributed by atoms with Crippen molar-refractivity contribution in [1.29, 1.82) is 0 Å². The maximum atomic E-state index is 11.4. The highest BCUT2D eigenvalue weighted by molar-refractivity contribution is 5.63. The van der Waals surface area contributed by atoms with Crippen LogP contribution in [0.3, 0.4) is 0 Å². The van der Waals surface area contributed by atoms with Crippen molar-refractivity contribution < 1.29 is 29.2 Å². The van der Waals surface area contributed by atoms with Crippen LogP contribution in [0.25, 0.3) is 0 Å². The van der Waals surface area contributed by atoms with E-state index in [1.54, 1.807) is 0 Å². The van der Waals surface area contributed by atoms with Crippen molar-refractivity contribution >= 4 is 22.7 Å². The monoisotopic (exact) mass is 442 g/mol. The summed E-state index contributed by atoms with van der Waals surface area (Å²) in [6.45, 7) is 0. The molecule has 0 heterocycles. The zero-order valence-corrected chi connectivity index (χ0v) is 15.6. The first-order chi connectivity index (χ1) is 15.2. The number of non-ortho nitro benzene ring substituents is 2. The van der Waals surface area contributed by atoms with Gasteiger partial charge in [-0.05, 0) is 12.1 Å². The Morgan fingerprint density at radius 3 is 1.28 bits per heavy atom. The first-order valence-electron chi connectivity index (χ1n) is 8.47. The smallest absolute Gasteiger partial charge is 0.318 e. The van der Waals surface area contributed by atoms with Crippen LogP contribution in [-0.2, 0) is 0 Å². The van der Waals surface area contributed by atoms with Crippen LogP contribution in [0.4, 0.5) is 22.7 Å². The molecule has 14 nitrogen and oxygen atoms in total. The van der Waals surface area contributed by atoms with Crippen LogP contribution in [0, 0.1) is 40.5 Å². The first-order valence-corrected chi connectivity index (χ1v) is 8.47. The van der Waals surface area contributed by atoms with Gasteiger partial charge in [0.2, 0.25) is 11.5 Å². The van der Waals surface area contributed by atoms with E-state index in [2.05, 4.69) is 0 Å². The second kappa shape index (κ2) is 8.70. The van der Waals surface area contributed by atoms with E-state index in [0.29, 0.717) is 6.07 Å². The molecule has 14 heteroatoms. The summed E-state index contributed by atoms with van der Waals surface area (Å²) in [4.78, 5) is 41.5. The third-order valence-electron chi connectivity index (χ3n) is 3.95. The fourth-order valence-electron chi connectivity index (χ4n) is 2.56. The van der Waals surface area contributed by atoms with Crippen LogP contribution in [0.5, 0.6) is 23.0 Å². The van der Waals surface area contributed by atoms with E-state index in [4.69, 9.17) is 9.47 Å². The molecule has 0 saturated carbocycles. The molecule has 162 valence electrons. The number of rotatable bonds is 8. The van der Waals surface area contributed by atoms with Crippen molar-refractivity contribution in [2.75, 3.05) is 0 Å². The maximum Gasteiger partial charge on any atom is 0.318 e. The second-order valence-electron chi connectivity index (χ2n) is 6.01. The van der Waals surface area contributed by atoms with Crippen molar-refractivity contribution in [3.8, 4) is 23.0 Å². The van der Waals surface area contributed by atoms with Crippen molar-refractivity contribution in [1.82, 2.24) is 0 Å². The number of hydrogen-bond donors (Lipinski definition) is 0. The lowest BCUT2D eigenvalue weighted by Crippen LogP contribution is -1.99. The summed E-state index contributed by atoms with van der Waals surface area (Å²) in [6, 6.07) is 11.0. The molecule has 0 spiro atoms. The van der Waals surface area contributed by atoms with Gasteiger partial charge in [-0.2, -0.15) is 0 Å². The van der Waals surface area contributed by atoms with Crippen molar-refractivity contribution in [3.63, 3.8) is 0 Å². The number of nitro groups is 4. The molecule has 0 atom stereocenters. The summed E-state index contributed by atoms with van der Waals surface area (Å²) < 4.78 is 10.8. The maximum absolute atomic E-state index is 11.4. The summed E-state index contributed by atoms with van der Waals surface area (Å²) in [5.41, 5.74) is -2.29. The Kier molecular flexibility index (Phi) is 5.86. The van der Waals surface area contributed by atoms with Crippen LogP contribution in [0.1, 0.15) is 0 Å². The lowest BCUT2D eigenvalue weighted by Gasteiger charge is -2.10. The molecule has 0 aliphatic heterocycles. The minimum absolute atomic E-state index is 0.141. The van der Waals surface area contributed by atoms with Gasteiger partial charge in [0.25, 0.3) is 11.4 Å². The van der Waals surface area contributed by atoms with Crippen LogP contribution in [0.2, 0.25) is 0 Å². The highest BCUT2D eigenvalue weighted by atomic mass is 16.6. The van der Waals surface area contributed by atoms with E-state index < -0.39 is 42.6 Å². The van der Waals surface area contributed by atoms with Gasteiger partial charge in [-0.25, -0.2) is 0 Å². The molecule has 0 radical (unpaired) electrons. The number of nitro benzene ring substituents is 4. The molecule has 0 aliphatic rings. The molecule has 0 aromatic heterocycles. The Morgan fingerprint density at radius 1 is 0.531 bits per heavy atom. The largest absolute Gasteiger partial charge is 0.450 e. The minimum atomic E-state index is -0.934. The Hall–Kier alpha value is -5.14. The molecule has 0 unspecified atom stereocenters. The predicted octanol–water partition coefficient (Wildman–Crippen LogP) is 4.90. The summed E-state index contributed by atoms with van der Waals surface area (Å²) in [5, 5.41) is 44.7. The fourth-order valence-corrected chi connectivity index (χ4v) is 2.56. The Bertz CT molecular complexity index is 1170. The van der Waals surface area contributed by atoms with Gasteiger partial charge in [0.05, 0.1) is 31.8 Å². The average Bonchev–Trinajstić information content (AvgIpc) is 2.73. The van der Waals surface area contributed by atoms with Crippen LogP contribution >= 0.6 is 0 Å². The normalized spacial score (nSPS) is 10.2.